The molecule has 1 aliphatic heterocycles. The Balaban J connectivity index is 1.63. The molecule has 1 amide bonds. The number of ether oxygens (including phenoxy) is 1. The van der Waals surface area contributed by atoms with Crippen LogP contribution >= 0.6 is 0 Å². The minimum atomic E-state index is -4.57. The Hall–Kier alpha value is -3.17. The van der Waals surface area contributed by atoms with Crippen LogP contribution in [0.2, 0.25) is 0 Å². The van der Waals surface area contributed by atoms with Crippen molar-refractivity contribution in [2.75, 3.05) is 23.3 Å². The number of hydrogen-bond donors (Lipinski definition) is 1. The third kappa shape index (κ3) is 5.71. The van der Waals surface area contributed by atoms with E-state index in [0.29, 0.717) is 19.4 Å². The highest BCUT2D eigenvalue weighted by atomic mass is 19.4. The summed E-state index contributed by atoms with van der Waals surface area (Å²) in [5.41, 5.74) is -0.654. The van der Waals surface area contributed by atoms with Gasteiger partial charge < -0.3 is 15.0 Å². The normalized spacial score (nSPS) is 17.7. The lowest BCUT2D eigenvalue weighted by atomic mass is 9.97. The molecule has 1 aromatic heterocycles. The van der Waals surface area contributed by atoms with Gasteiger partial charge in [0, 0.05) is 25.0 Å². The molecule has 2 atom stereocenters. The number of amides is 1. The molecule has 31 heavy (non-hydrogen) atoms. The Morgan fingerprint density at radius 2 is 2.03 bits per heavy atom. The first-order valence-electron chi connectivity index (χ1n) is 9.69. The lowest BCUT2D eigenvalue weighted by molar-refractivity contribution is -0.157. The van der Waals surface area contributed by atoms with Crippen molar-refractivity contribution in [1.82, 2.24) is 4.98 Å². The van der Waals surface area contributed by atoms with Crippen molar-refractivity contribution in [3.05, 3.63) is 54.0 Å². The lowest BCUT2D eigenvalue weighted by Crippen LogP contribution is -2.42. The molecule has 1 fully saturated rings. The number of aromatic nitrogens is 1. The van der Waals surface area contributed by atoms with E-state index in [2.05, 4.69) is 10.3 Å². The first-order chi connectivity index (χ1) is 14.6. The first kappa shape index (κ1) is 22.5. The van der Waals surface area contributed by atoms with Gasteiger partial charge >= 0.3 is 12.1 Å². The molecule has 2 heterocycles. The van der Waals surface area contributed by atoms with Gasteiger partial charge in [-0.1, -0.05) is 6.07 Å². The Morgan fingerprint density at radius 3 is 2.74 bits per heavy atom. The van der Waals surface area contributed by atoms with Gasteiger partial charge in [-0.25, -0.2) is 9.37 Å². The van der Waals surface area contributed by atoms with Gasteiger partial charge in [-0.3, -0.25) is 9.59 Å². The Morgan fingerprint density at radius 1 is 1.26 bits per heavy atom. The van der Waals surface area contributed by atoms with Crippen LogP contribution in [0, 0.1) is 11.7 Å². The highest BCUT2D eigenvalue weighted by molar-refractivity contribution is 5.95. The van der Waals surface area contributed by atoms with Crippen molar-refractivity contribution in [2.45, 2.75) is 32.0 Å². The predicted molar refractivity (Wildman–Crippen MR) is 105 cm³/mol. The third-order valence-electron chi connectivity index (χ3n) is 4.90. The van der Waals surface area contributed by atoms with Crippen molar-refractivity contribution in [2.24, 2.45) is 5.92 Å². The summed E-state index contributed by atoms with van der Waals surface area (Å²) in [5.74, 6) is -2.80. The van der Waals surface area contributed by atoms with E-state index in [1.165, 1.54) is 42.3 Å². The molecule has 1 N–H and O–H groups in total. The smallest absolute Gasteiger partial charge is 0.419 e. The highest BCUT2D eigenvalue weighted by Crippen LogP contribution is 2.36. The van der Waals surface area contributed by atoms with Gasteiger partial charge in [0.2, 0.25) is 0 Å². The number of halogens is 4. The number of hydrogen-bond acceptors (Lipinski definition) is 5. The summed E-state index contributed by atoms with van der Waals surface area (Å²) >= 11 is 0. The number of benzene rings is 1. The molecule has 0 bridgehead atoms. The van der Waals surface area contributed by atoms with Gasteiger partial charge in [0.1, 0.15) is 11.6 Å². The van der Waals surface area contributed by atoms with Crippen LogP contribution in [0.25, 0.3) is 0 Å². The van der Waals surface area contributed by atoms with E-state index in [4.69, 9.17) is 4.74 Å². The molecule has 2 unspecified atom stereocenters. The Labute approximate surface area is 176 Å². The quantitative estimate of drug-likeness (QED) is 0.563. The zero-order valence-electron chi connectivity index (χ0n) is 16.7. The SMILES string of the molecule is CC(OC(=O)C1CCCN(c2ncccc2C(F)(F)F)C1)C(=O)Nc1cccc(F)c1. The molecular formula is C21H21F4N3O3. The topological polar surface area (TPSA) is 71.5 Å². The molecule has 0 radical (unpaired) electrons. The molecule has 1 aliphatic rings. The summed E-state index contributed by atoms with van der Waals surface area (Å²) in [7, 11) is 0. The summed E-state index contributed by atoms with van der Waals surface area (Å²) in [6, 6.07) is 7.41. The Bertz CT molecular complexity index is 951. The van der Waals surface area contributed by atoms with E-state index < -0.39 is 41.5 Å². The van der Waals surface area contributed by atoms with Crippen molar-refractivity contribution in [3.8, 4) is 0 Å². The molecular weight excluding hydrogens is 418 g/mol. The maximum atomic E-state index is 13.3. The van der Waals surface area contributed by atoms with Gasteiger partial charge in [-0.15, -0.1) is 0 Å². The first-order valence-corrected chi connectivity index (χ1v) is 9.69. The molecule has 3 rings (SSSR count). The van der Waals surface area contributed by atoms with Crippen molar-refractivity contribution >= 4 is 23.4 Å². The van der Waals surface area contributed by atoms with E-state index >= 15 is 0 Å². The number of alkyl halides is 3. The molecule has 10 heteroatoms. The maximum absolute atomic E-state index is 13.3. The van der Waals surface area contributed by atoms with Crippen LogP contribution in [0.4, 0.5) is 29.1 Å². The molecule has 1 aromatic carbocycles. The van der Waals surface area contributed by atoms with Crippen LogP contribution in [0.15, 0.2) is 42.6 Å². The fourth-order valence-corrected chi connectivity index (χ4v) is 3.37. The highest BCUT2D eigenvalue weighted by Gasteiger charge is 2.38. The van der Waals surface area contributed by atoms with Crippen LogP contribution in [-0.4, -0.2) is 36.1 Å². The number of carbonyl (C=O) groups excluding carboxylic acids is 2. The van der Waals surface area contributed by atoms with E-state index in [1.807, 2.05) is 0 Å². The second kappa shape index (κ2) is 9.32. The summed E-state index contributed by atoms with van der Waals surface area (Å²) in [5, 5.41) is 2.45. The van der Waals surface area contributed by atoms with Crippen molar-refractivity contribution in [1.29, 1.82) is 0 Å². The molecule has 166 valence electrons. The number of pyridine rings is 1. The summed E-state index contributed by atoms with van der Waals surface area (Å²) < 4.78 is 58.3. The van der Waals surface area contributed by atoms with E-state index in [-0.39, 0.29) is 18.1 Å². The lowest BCUT2D eigenvalue weighted by Gasteiger charge is -2.34. The number of carbonyl (C=O) groups is 2. The molecule has 0 saturated carbocycles. The van der Waals surface area contributed by atoms with Gasteiger partial charge in [0.25, 0.3) is 5.91 Å². The van der Waals surface area contributed by atoms with E-state index in [9.17, 15) is 27.2 Å². The minimum absolute atomic E-state index is 0.00282. The zero-order chi connectivity index (χ0) is 22.6. The average molecular weight is 439 g/mol. The Kier molecular flexibility index (Phi) is 6.77. The second-order valence-corrected chi connectivity index (χ2v) is 7.24. The van der Waals surface area contributed by atoms with E-state index in [1.54, 1.807) is 0 Å². The molecule has 0 aliphatic carbocycles. The zero-order valence-corrected chi connectivity index (χ0v) is 16.7. The van der Waals surface area contributed by atoms with Crippen LogP contribution < -0.4 is 10.2 Å². The van der Waals surface area contributed by atoms with Gasteiger partial charge in [0.05, 0.1) is 11.5 Å². The summed E-state index contributed by atoms with van der Waals surface area (Å²) in [4.78, 5) is 30.1. The molecule has 0 spiro atoms. The van der Waals surface area contributed by atoms with Gasteiger partial charge in [-0.2, -0.15) is 13.2 Å². The number of esters is 1. The van der Waals surface area contributed by atoms with Crippen LogP contribution in [0.1, 0.15) is 25.3 Å². The average Bonchev–Trinajstić information content (AvgIpc) is 2.73. The molecule has 2 aromatic rings. The monoisotopic (exact) mass is 439 g/mol. The number of anilines is 2. The molecule has 1 saturated heterocycles. The van der Waals surface area contributed by atoms with Crippen molar-refractivity contribution in [3.63, 3.8) is 0 Å². The number of piperidine rings is 1. The number of nitrogens with zero attached hydrogens (tertiary/aromatic N) is 2. The van der Waals surface area contributed by atoms with E-state index in [0.717, 1.165) is 12.1 Å². The van der Waals surface area contributed by atoms with Gasteiger partial charge in [-0.05, 0) is 50.1 Å². The van der Waals surface area contributed by atoms with Crippen LogP contribution in [-0.2, 0) is 20.5 Å². The standard InChI is InChI=1S/C21H21F4N3O3/c1-13(19(29)27-16-7-2-6-15(22)11-16)31-20(30)14-5-4-10-28(12-14)18-17(21(23,24)25)8-3-9-26-18/h2-3,6-9,11,13-14H,4-5,10,12H2,1H3,(H,27,29). The van der Waals surface area contributed by atoms with Crippen molar-refractivity contribution < 1.29 is 31.9 Å². The maximum Gasteiger partial charge on any atom is 0.419 e. The van der Waals surface area contributed by atoms with Gasteiger partial charge in [0.15, 0.2) is 6.10 Å². The predicted octanol–water partition coefficient (Wildman–Crippen LogP) is 4.03. The minimum Gasteiger partial charge on any atom is -0.452 e. The van der Waals surface area contributed by atoms with Crippen LogP contribution in [0.3, 0.4) is 0 Å². The number of rotatable bonds is 5. The largest absolute Gasteiger partial charge is 0.452 e. The van der Waals surface area contributed by atoms with Crippen LogP contribution in [0.5, 0.6) is 0 Å². The summed E-state index contributed by atoms with van der Waals surface area (Å²) in [6.07, 6.45) is -3.57. The molecule has 6 nitrogen and oxygen atoms in total. The fourth-order valence-electron chi connectivity index (χ4n) is 3.37. The summed E-state index contributed by atoms with van der Waals surface area (Å²) in [6.45, 7) is 1.68. The third-order valence-corrected chi connectivity index (χ3v) is 4.90. The fraction of sp³-hybridized carbons (Fsp3) is 0.381. The second-order valence-electron chi connectivity index (χ2n) is 7.24. The number of nitrogens with one attached hydrogen (secondary N) is 1.